The quantitative estimate of drug-likeness (QED) is 0.198. The van der Waals surface area contributed by atoms with Crippen molar-refractivity contribution in [1.29, 1.82) is 0 Å². The molecule has 7 heteroatoms. The molecule has 3 rings (SSSR count). The maximum absolute atomic E-state index is 13.4. The molecule has 2 fully saturated rings. The van der Waals surface area contributed by atoms with Crippen LogP contribution >= 0.6 is 0 Å². The van der Waals surface area contributed by atoms with Crippen LogP contribution in [-0.4, -0.2) is 68.2 Å². The fourth-order valence-electron chi connectivity index (χ4n) is 9.63. The van der Waals surface area contributed by atoms with Crippen LogP contribution in [0, 0.1) is 0 Å². The van der Waals surface area contributed by atoms with Gasteiger partial charge >= 0.3 is 11.9 Å². The second-order valence-corrected chi connectivity index (χ2v) is 20.1. The van der Waals surface area contributed by atoms with E-state index in [1.165, 1.54) is 0 Å². The minimum absolute atomic E-state index is 0.0821. The molecule has 1 aromatic carbocycles. The van der Waals surface area contributed by atoms with E-state index < -0.39 is 35.3 Å². The summed E-state index contributed by atoms with van der Waals surface area (Å²) in [5, 5.41) is 22.5. The third-order valence-corrected chi connectivity index (χ3v) is 12.2. The molecule has 1 atom stereocenters. The van der Waals surface area contributed by atoms with Crippen molar-refractivity contribution in [3.05, 3.63) is 27.8 Å². The summed E-state index contributed by atoms with van der Waals surface area (Å²) < 4.78 is 6.42. The van der Waals surface area contributed by atoms with Gasteiger partial charge in [-0.05, 0) is 142 Å². The summed E-state index contributed by atoms with van der Waals surface area (Å²) in [6.45, 7) is 33.7. The number of esters is 1. The molecule has 2 aliphatic rings. The van der Waals surface area contributed by atoms with E-state index in [2.05, 4.69) is 128 Å². The number of carbonyl (C=O) groups is 2. The number of hydrogen-bond donors (Lipinski definition) is 2. The normalized spacial score (nSPS) is 22.6. The van der Waals surface area contributed by atoms with Crippen LogP contribution in [-0.2, 0) is 25.2 Å². The van der Waals surface area contributed by atoms with Crippen LogP contribution in [0.2, 0.25) is 0 Å². The number of carbonyl (C=O) groups excluding carboxylic acids is 1. The van der Waals surface area contributed by atoms with Crippen molar-refractivity contribution in [3.63, 3.8) is 0 Å². The largest absolute Gasteiger partial charge is 0.507 e. The number of hydrogen-bond acceptors (Lipinski definition) is 6. The van der Waals surface area contributed by atoms with Crippen LogP contribution in [0.1, 0.15) is 201 Å². The molecule has 0 saturated carbocycles. The van der Waals surface area contributed by atoms with E-state index in [0.29, 0.717) is 12.2 Å². The van der Waals surface area contributed by atoms with Gasteiger partial charge in [-0.1, -0.05) is 54.9 Å². The van der Waals surface area contributed by atoms with E-state index in [-0.39, 0.29) is 34.0 Å². The Morgan fingerprint density at radius 3 is 1.39 bits per heavy atom. The SMILES string of the molecule is CCCCC(OC(=O)CC(=O)O)c1c(C2CC(C)(C)N(C)C(C)(C)C2)c(C(C)(C)C)c(O)c(C(C)(C)C)c1C1CC(C)(C)N(C)C(C)(C)C1. The van der Waals surface area contributed by atoms with Gasteiger partial charge in [0.15, 0.2) is 0 Å². The predicted octanol–water partition coefficient (Wildman–Crippen LogP) is 9.97. The fourth-order valence-corrected chi connectivity index (χ4v) is 9.63. The highest BCUT2D eigenvalue weighted by Crippen LogP contribution is 2.58. The number of rotatable bonds is 9. The average molecular weight is 685 g/mol. The van der Waals surface area contributed by atoms with E-state index in [4.69, 9.17) is 4.74 Å². The van der Waals surface area contributed by atoms with Crippen LogP contribution in [0.15, 0.2) is 0 Å². The summed E-state index contributed by atoms with van der Waals surface area (Å²) in [6, 6.07) is 0. The Hall–Kier alpha value is -2.12. The van der Waals surface area contributed by atoms with Gasteiger partial charge in [0.2, 0.25) is 0 Å². The lowest BCUT2D eigenvalue weighted by Crippen LogP contribution is -2.58. The third-order valence-electron chi connectivity index (χ3n) is 12.2. The number of likely N-dealkylation sites (tertiary alicyclic amines) is 2. The minimum atomic E-state index is -1.19. The van der Waals surface area contributed by atoms with Crippen LogP contribution in [0.4, 0.5) is 0 Å². The highest BCUT2D eigenvalue weighted by molar-refractivity contribution is 5.90. The van der Waals surface area contributed by atoms with Gasteiger partial charge in [0.25, 0.3) is 0 Å². The Labute approximate surface area is 299 Å². The summed E-state index contributed by atoms with van der Waals surface area (Å²) in [5.74, 6) is -1.35. The molecular weight excluding hydrogens is 612 g/mol. The Bertz CT molecular complexity index is 1270. The molecule has 49 heavy (non-hydrogen) atoms. The zero-order valence-electron chi connectivity index (χ0n) is 34.4. The topological polar surface area (TPSA) is 90.3 Å². The maximum Gasteiger partial charge on any atom is 0.317 e. The molecule has 0 bridgehead atoms. The molecule has 0 radical (unpaired) electrons. The Balaban J connectivity index is 2.68. The van der Waals surface area contributed by atoms with Crippen LogP contribution in [0.3, 0.4) is 0 Å². The van der Waals surface area contributed by atoms with Crippen molar-refractivity contribution in [2.24, 2.45) is 0 Å². The lowest BCUT2D eigenvalue weighted by Gasteiger charge is -2.56. The van der Waals surface area contributed by atoms with Gasteiger partial charge in [-0.3, -0.25) is 19.4 Å². The molecule has 1 aromatic rings. The molecule has 0 amide bonds. The van der Waals surface area contributed by atoms with E-state index in [1.807, 2.05) is 0 Å². The molecule has 1 unspecified atom stereocenters. The molecule has 2 saturated heterocycles. The zero-order valence-corrected chi connectivity index (χ0v) is 34.4. The van der Waals surface area contributed by atoms with Crippen molar-refractivity contribution in [3.8, 4) is 5.75 Å². The first-order valence-corrected chi connectivity index (χ1v) is 18.8. The second kappa shape index (κ2) is 13.8. The number of benzene rings is 1. The number of nitrogens with zero attached hydrogens (tertiary/aromatic N) is 2. The van der Waals surface area contributed by atoms with Gasteiger partial charge in [0.05, 0.1) is 0 Å². The number of phenolic OH excluding ortho intramolecular Hbond substituents is 1. The number of carboxylic acid groups (broad SMARTS) is 1. The number of ether oxygens (including phenoxy) is 1. The summed E-state index contributed by atoms with van der Waals surface area (Å²) >= 11 is 0. The van der Waals surface area contributed by atoms with Crippen LogP contribution in [0.25, 0.3) is 0 Å². The molecular formula is C42H72N2O5. The number of carboxylic acids is 1. The molecule has 2 aliphatic heterocycles. The lowest BCUT2D eigenvalue weighted by molar-refractivity contribution is -0.155. The van der Waals surface area contributed by atoms with Crippen molar-refractivity contribution in [2.45, 2.75) is 206 Å². The predicted molar refractivity (Wildman–Crippen MR) is 202 cm³/mol. The number of piperidine rings is 2. The van der Waals surface area contributed by atoms with E-state index in [9.17, 15) is 19.8 Å². The lowest BCUT2D eigenvalue weighted by atomic mass is 9.61. The number of aliphatic carboxylic acids is 1. The van der Waals surface area contributed by atoms with Crippen molar-refractivity contribution in [2.75, 3.05) is 14.1 Å². The van der Waals surface area contributed by atoms with Gasteiger partial charge in [-0.25, -0.2) is 0 Å². The first-order chi connectivity index (χ1) is 22.0. The van der Waals surface area contributed by atoms with E-state index >= 15 is 0 Å². The molecule has 0 aromatic heterocycles. The highest BCUT2D eigenvalue weighted by Gasteiger charge is 2.50. The molecule has 280 valence electrons. The van der Waals surface area contributed by atoms with Gasteiger partial charge in [0, 0.05) is 38.8 Å². The number of unbranched alkanes of at least 4 members (excludes halogenated alkanes) is 1. The van der Waals surface area contributed by atoms with Gasteiger partial charge < -0.3 is 14.9 Å². The van der Waals surface area contributed by atoms with Crippen molar-refractivity contribution in [1.82, 2.24) is 9.80 Å². The van der Waals surface area contributed by atoms with E-state index in [1.54, 1.807) is 0 Å². The Morgan fingerprint density at radius 2 is 1.10 bits per heavy atom. The number of aromatic hydroxyl groups is 1. The van der Waals surface area contributed by atoms with Crippen molar-refractivity contribution >= 4 is 11.9 Å². The van der Waals surface area contributed by atoms with Crippen molar-refractivity contribution < 1.29 is 24.5 Å². The smallest absolute Gasteiger partial charge is 0.317 e. The number of phenols is 1. The van der Waals surface area contributed by atoms with Crippen LogP contribution in [0.5, 0.6) is 5.75 Å². The highest BCUT2D eigenvalue weighted by atomic mass is 16.5. The Morgan fingerprint density at radius 1 is 0.755 bits per heavy atom. The van der Waals surface area contributed by atoms with E-state index in [0.717, 1.165) is 66.3 Å². The molecule has 0 aliphatic carbocycles. The molecule has 2 heterocycles. The third kappa shape index (κ3) is 8.51. The Kier molecular flexibility index (Phi) is 11.6. The zero-order chi connectivity index (χ0) is 37.9. The van der Waals surface area contributed by atoms with Gasteiger partial charge in [-0.15, -0.1) is 0 Å². The molecule has 2 N–H and O–H groups in total. The fraction of sp³-hybridized carbons (Fsp3) is 0.810. The minimum Gasteiger partial charge on any atom is -0.507 e. The average Bonchev–Trinajstić information content (AvgIpc) is 2.89. The summed E-state index contributed by atoms with van der Waals surface area (Å²) in [6.07, 6.45) is 4.55. The van der Waals surface area contributed by atoms with Gasteiger partial charge in [-0.2, -0.15) is 0 Å². The van der Waals surface area contributed by atoms with Crippen LogP contribution < -0.4 is 0 Å². The first-order valence-electron chi connectivity index (χ1n) is 18.8. The molecule has 0 spiro atoms. The standard InChI is InChI=1S/C42H72N2O5/c1-18-19-20-28(49-30(47)21-29(45)46)33-31(26-22-39(8,9)43(16)40(10,11)23-26)34(37(2,3)4)36(48)35(38(5,6)7)32(33)27-24-41(12,13)44(17)42(14,15)25-27/h26-28,48H,18-25H2,1-17H3,(H,45,46). The summed E-state index contributed by atoms with van der Waals surface area (Å²) in [7, 11) is 4.43. The maximum atomic E-state index is 13.4. The monoisotopic (exact) mass is 685 g/mol. The second-order valence-electron chi connectivity index (χ2n) is 20.1. The summed E-state index contributed by atoms with van der Waals surface area (Å²) in [4.78, 5) is 30.2. The van der Waals surface area contributed by atoms with Gasteiger partial charge in [0.1, 0.15) is 18.3 Å². The first kappa shape index (κ1) is 41.3. The molecule has 7 nitrogen and oxygen atoms in total. The summed E-state index contributed by atoms with van der Waals surface area (Å²) in [5.41, 5.74) is 3.82.